The quantitative estimate of drug-likeness (QED) is 0.621. The predicted molar refractivity (Wildman–Crippen MR) is 68.7 cm³/mol. The largest absolute Gasteiger partial charge is 0.393 e. The summed E-state index contributed by atoms with van der Waals surface area (Å²) < 4.78 is 0. The molecule has 17 heavy (non-hydrogen) atoms. The Kier molecular flexibility index (Phi) is 5.92. The van der Waals surface area contributed by atoms with Crippen molar-refractivity contribution in [3.63, 3.8) is 0 Å². The Balaban J connectivity index is 2.05. The maximum absolute atomic E-state index is 11.7. The van der Waals surface area contributed by atoms with Gasteiger partial charge < -0.3 is 15.7 Å². The fraction of sp³-hybridized carbons (Fsp3) is 0.923. The van der Waals surface area contributed by atoms with Crippen LogP contribution in [0.3, 0.4) is 0 Å². The lowest BCUT2D eigenvalue weighted by molar-refractivity contribution is -0.122. The first-order chi connectivity index (χ1) is 7.99. The average Bonchev–Trinajstić information content (AvgIpc) is 2.21. The molecule has 1 atom stereocenters. The molecule has 4 nitrogen and oxygen atoms in total. The summed E-state index contributed by atoms with van der Waals surface area (Å²) in [5, 5.41) is 15.3. The van der Waals surface area contributed by atoms with Crippen molar-refractivity contribution in [2.75, 3.05) is 13.1 Å². The molecule has 1 amide bonds. The van der Waals surface area contributed by atoms with Gasteiger partial charge in [0, 0.05) is 6.54 Å². The highest BCUT2D eigenvalue weighted by atomic mass is 16.3. The molecule has 1 aliphatic rings. The summed E-state index contributed by atoms with van der Waals surface area (Å²) in [6, 6.07) is -0.139. The lowest BCUT2D eigenvalue weighted by Crippen LogP contribution is -2.46. The van der Waals surface area contributed by atoms with Crippen molar-refractivity contribution in [1.29, 1.82) is 0 Å². The van der Waals surface area contributed by atoms with E-state index in [9.17, 15) is 4.79 Å². The second-order valence-electron chi connectivity index (χ2n) is 5.59. The minimum atomic E-state index is -0.139. The Morgan fingerprint density at radius 3 is 2.53 bits per heavy atom. The van der Waals surface area contributed by atoms with Gasteiger partial charge in [0.2, 0.25) is 5.91 Å². The highest BCUT2D eigenvalue weighted by Gasteiger charge is 2.27. The van der Waals surface area contributed by atoms with Crippen LogP contribution in [0.15, 0.2) is 0 Å². The van der Waals surface area contributed by atoms with Crippen molar-refractivity contribution in [2.45, 2.75) is 52.2 Å². The van der Waals surface area contributed by atoms with E-state index in [1.807, 2.05) is 6.92 Å². The first-order valence-corrected chi connectivity index (χ1v) is 6.68. The van der Waals surface area contributed by atoms with E-state index in [2.05, 4.69) is 24.5 Å². The van der Waals surface area contributed by atoms with Crippen LogP contribution < -0.4 is 10.6 Å². The zero-order valence-electron chi connectivity index (χ0n) is 11.2. The fourth-order valence-corrected chi connectivity index (χ4v) is 1.94. The summed E-state index contributed by atoms with van der Waals surface area (Å²) in [5.74, 6) is 1.23. The van der Waals surface area contributed by atoms with Crippen LogP contribution in [0.25, 0.3) is 0 Å². The lowest BCUT2D eigenvalue weighted by Gasteiger charge is -2.32. The number of aliphatic hydroxyl groups excluding tert-OH is 1. The van der Waals surface area contributed by atoms with Crippen molar-refractivity contribution >= 4 is 5.91 Å². The minimum absolute atomic E-state index is 0.0746. The predicted octanol–water partition coefficient (Wildman–Crippen LogP) is 0.898. The van der Waals surface area contributed by atoms with Crippen molar-refractivity contribution in [1.82, 2.24) is 10.6 Å². The Morgan fingerprint density at radius 1 is 1.35 bits per heavy atom. The van der Waals surface area contributed by atoms with Gasteiger partial charge in [0.25, 0.3) is 0 Å². The minimum Gasteiger partial charge on any atom is -0.393 e. The van der Waals surface area contributed by atoms with Crippen LogP contribution in [0.4, 0.5) is 0 Å². The molecule has 0 aliphatic heterocycles. The topological polar surface area (TPSA) is 61.4 Å². The Morgan fingerprint density at radius 2 is 2.00 bits per heavy atom. The van der Waals surface area contributed by atoms with Crippen LogP contribution in [-0.2, 0) is 4.79 Å². The van der Waals surface area contributed by atoms with Crippen molar-refractivity contribution in [2.24, 2.45) is 11.8 Å². The van der Waals surface area contributed by atoms with E-state index in [0.717, 1.165) is 32.4 Å². The first kappa shape index (κ1) is 14.5. The zero-order valence-corrected chi connectivity index (χ0v) is 11.2. The van der Waals surface area contributed by atoms with Crippen molar-refractivity contribution in [3.8, 4) is 0 Å². The highest BCUT2D eigenvalue weighted by Crippen LogP contribution is 2.26. The lowest BCUT2D eigenvalue weighted by atomic mass is 9.82. The monoisotopic (exact) mass is 242 g/mol. The van der Waals surface area contributed by atoms with Crippen molar-refractivity contribution in [3.05, 3.63) is 0 Å². The maximum Gasteiger partial charge on any atom is 0.236 e. The summed E-state index contributed by atoms with van der Waals surface area (Å²) in [6.07, 6.45) is 2.65. The smallest absolute Gasteiger partial charge is 0.236 e. The highest BCUT2D eigenvalue weighted by molar-refractivity contribution is 5.81. The van der Waals surface area contributed by atoms with Crippen LogP contribution in [0, 0.1) is 11.8 Å². The molecule has 1 fully saturated rings. The molecular formula is C13H26N2O2. The van der Waals surface area contributed by atoms with Gasteiger partial charge in [0.05, 0.1) is 12.1 Å². The fourth-order valence-electron chi connectivity index (χ4n) is 1.94. The van der Waals surface area contributed by atoms with E-state index >= 15 is 0 Å². The molecule has 100 valence electrons. The van der Waals surface area contributed by atoms with Gasteiger partial charge in [-0.25, -0.2) is 0 Å². The second-order valence-corrected chi connectivity index (χ2v) is 5.59. The Labute approximate surface area is 104 Å². The average molecular weight is 242 g/mol. The number of rotatable bonds is 7. The normalized spacial score (nSPS) is 25.5. The third-order valence-electron chi connectivity index (χ3n) is 3.34. The van der Waals surface area contributed by atoms with Gasteiger partial charge in [-0.2, -0.15) is 0 Å². The molecule has 1 rings (SSSR count). The molecule has 1 unspecified atom stereocenters. The third kappa shape index (κ3) is 5.50. The SMILES string of the molecule is CC(C)CCNC(=O)C(C)NCC1CC(O)C1. The molecule has 0 saturated heterocycles. The van der Waals surface area contributed by atoms with Gasteiger partial charge in [-0.05, 0) is 44.6 Å². The van der Waals surface area contributed by atoms with E-state index in [4.69, 9.17) is 5.11 Å². The first-order valence-electron chi connectivity index (χ1n) is 6.68. The molecule has 0 bridgehead atoms. The molecule has 0 aromatic heterocycles. The molecule has 3 N–H and O–H groups in total. The van der Waals surface area contributed by atoms with E-state index in [0.29, 0.717) is 11.8 Å². The van der Waals surface area contributed by atoms with Crippen LogP contribution in [0.2, 0.25) is 0 Å². The van der Waals surface area contributed by atoms with Gasteiger partial charge in [-0.3, -0.25) is 4.79 Å². The molecule has 4 heteroatoms. The van der Waals surface area contributed by atoms with Gasteiger partial charge >= 0.3 is 0 Å². The Hall–Kier alpha value is -0.610. The molecule has 1 saturated carbocycles. The number of hydrogen-bond donors (Lipinski definition) is 3. The summed E-state index contributed by atoms with van der Waals surface area (Å²) >= 11 is 0. The van der Waals surface area contributed by atoms with Crippen LogP contribution >= 0.6 is 0 Å². The van der Waals surface area contributed by atoms with Crippen LogP contribution in [-0.4, -0.2) is 36.2 Å². The molecule has 0 spiro atoms. The standard InChI is InChI=1S/C13H26N2O2/c1-9(2)4-5-14-13(17)10(3)15-8-11-6-12(16)7-11/h9-12,15-16H,4-8H2,1-3H3,(H,14,17). The molecule has 0 aromatic rings. The third-order valence-corrected chi connectivity index (χ3v) is 3.34. The van der Waals surface area contributed by atoms with Gasteiger partial charge in [0.1, 0.15) is 0 Å². The summed E-state index contributed by atoms with van der Waals surface area (Å²) in [5.41, 5.74) is 0. The second kappa shape index (κ2) is 6.97. The van der Waals surface area contributed by atoms with Crippen molar-refractivity contribution < 1.29 is 9.90 Å². The van der Waals surface area contributed by atoms with Gasteiger partial charge in [-0.1, -0.05) is 13.8 Å². The number of hydrogen-bond acceptors (Lipinski definition) is 3. The zero-order chi connectivity index (χ0) is 12.8. The van der Waals surface area contributed by atoms with Crippen LogP contribution in [0.5, 0.6) is 0 Å². The molecule has 0 radical (unpaired) electrons. The summed E-state index contributed by atoms with van der Waals surface area (Å²) in [7, 11) is 0. The number of nitrogens with one attached hydrogen (secondary N) is 2. The van der Waals surface area contributed by atoms with E-state index in [1.54, 1.807) is 0 Å². The number of carbonyl (C=O) groups excluding carboxylic acids is 1. The number of carbonyl (C=O) groups is 1. The Bertz CT molecular complexity index is 238. The van der Waals surface area contributed by atoms with E-state index < -0.39 is 0 Å². The molecule has 1 aliphatic carbocycles. The maximum atomic E-state index is 11.7. The van der Waals surface area contributed by atoms with E-state index in [-0.39, 0.29) is 18.1 Å². The number of aliphatic hydroxyl groups is 1. The molecule has 0 heterocycles. The van der Waals surface area contributed by atoms with Gasteiger partial charge in [0.15, 0.2) is 0 Å². The molecular weight excluding hydrogens is 216 g/mol. The van der Waals surface area contributed by atoms with E-state index in [1.165, 1.54) is 0 Å². The van der Waals surface area contributed by atoms with Crippen LogP contribution in [0.1, 0.15) is 40.0 Å². The van der Waals surface area contributed by atoms with Gasteiger partial charge in [-0.15, -0.1) is 0 Å². The number of amides is 1. The molecule has 0 aromatic carbocycles. The summed E-state index contributed by atoms with van der Waals surface area (Å²) in [4.78, 5) is 11.7. The summed E-state index contributed by atoms with van der Waals surface area (Å²) in [6.45, 7) is 7.77.